The number of para-hydroxylation sites is 2. The van der Waals surface area contributed by atoms with Crippen LogP contribution in [0.5, 0.6) is 11.5 Å². The number of nitrogens with one attached hydrogen (secondary N) is 1. The zero-order valence-corrected chi connectivity index (χ0v) is 15.3. The smallest absolute Gasteiger partial charge is 0.317 e. The molecule has 0 bridgehead atoms. The van der Waals surface area contributed by atoms with Crippen LogP contribution in [0, 0.1) is 6.92 Å². The van der Waals surface area contributed by atoms with E-state index in [1.165, 1.54) is 11.3 Å². The van der Waals surface area contributed by atoms with E-state index in [2.05, 4.69) is 15.4 Å². The molecule has 3 aromatic rings. The van der Waals surface area contributed by atoms with Gasteiger partial charge in [-0.2, -0.15) is 5.10 Å². The van der Waals surface area contributed by atoms with E-state index >= 15 is 0 Å². The second kappa shape index (κ2) is 6.83. The van der Waals surface area contributed by atoms with E-state index < -0.39 is 0 Å². The van der Waals surface area contributed by atoms with Crippen LogP contribution in [0.3, 0.4) is 0 Å². The Kier molecular flexibility index (Phi) is 4.37. The number of amides is 2. The summed E-state index contributed by atoms with van der Waals surface area (Å²) in [6.45, 7) is 3.13. The van der Waals surface area contributed by atoms with Gasteiger partial charge in [-0.3, -0.25) is 0 Å². The van der Waals surface area contributed by atoms with Gasteiger partial charge in [0, 0.05) is 7.05 Å². The van der Waals surface area contributed by atoms with E-state index in [1.54, 1.807) is 16.5 Å². The Morgan fingerprint density at radius 2 is 2.23 bits per heavy atom. The number of benzene rings is 1. The van der Waals surface area contributed by atoms with E-state index in [0.29, 0.717) is 25.4 Å². The zero-order valence-electron chi connectivity index (χ0n) is 14.5. The van der Waals surface area contributed by atoms with Gasteiger partial charge in [0.1, 0.15) is 11.6 Å². The van der Waals surface area contributed by atoms with Crippen LogP contribution in [0.25, 0.3) is 4.96 Å². The van der Waals surface area contributed by atoms with Crippen LogP contribution < -0.4 is 14.8 Å². The first-order chi connectivity index (χ1) is 12.6. The van der Waals surface area contributed by atoms with Crippen molar-refractivity contribution in [2.24, 2.45) is 0 Å². The molecule has 1 atom stereocenters. The van der Waals surface area contributed by atoms with Gasteiger partial charge in [-0.1, -0.05) is 23.5 Å². The van der Waals surface area contributed by atoms with Crippen molar-refractivity contribution in [3.63, 3.8) is 0 Å². The lowest BCUT2D eigenvalue weighted by Gasteiger charge is -2.29. The Bertz CT molecular complexity index is 906. The molecule has 1 N–H and O–H groups in total. The highest BCUT2D eigenvalue weighted by atomic mass is 32.1. The Morgan fingerprint density at radius 1 is 1.42 bits per heavy atom. The molecule has 26 heavy (non-hydrogen) atoms. The number of imidazole rings is 1. The summed E-state index contributed by atoms with van der Waals surface area (Å²) in [5, 5.41) is 8.13. The Morgan fingerprint density at radius 3 is 3.04 bits per heavy atom. The number of carbonyl (C=O) groups excluding carboxylic acids is 1. The highest BCUT2D eigenvalue weighted by Crippen LogP contribution is 2.30. The van der Waals surface area contributed by atoms with E-state index in [-0.39, 0.29) is 12.1 Å². The van der Waals surface area contributed by atoms with Crippen LogP contribution in [-0.4, -0.2) is 51.8 Å². The molecule has 1 aliphatic heterocycles. The Hall–Kier alpha value is -2.81. The minimum absolute atomic E-state index is 0.187. The van der Waals surface area contributed by atoms with Gasteiger partial charge in [0.2, 0.25) is 4.96 Å². The first kappa shape index (κ1) is 16.6. The monoisotopic (exact) mass is 373 g/mol. The number of rotatable bonds is 4. The van der Waals surface area contributed by atoms with Crippen molar-refractivity contribution in [1.82, 2.24) is 24.8 Å². The number of hydrogen-bond acceptors (Lipinski definition) is 6. The number of ether oxygens (including phenoxy) is 2. The third kappa shape index (κ3) is 3.43. The van der Waals surface area contributed by atoms with Crippen molar-refractivity contribution >= 4 is 22.3 Å². The number of likely N-dealkylation sites (N-methyl/N-ethyl adjacent to an activating group) is 1. The van der Waals surface area contributed by atoms with Crippen LogP contribution in [-0.2, 0) is 6.54 Å². The number of hydrogen-bond donors (Lipinski definition) is 1. The summed E-state index contributed by atoms with van der Waals surface area (Å²) in [5.74, 6) is 1.44. The SMILES string of the molecule is Cc1nn2cc(CNC(=O)N(C)C[C@H]3COc4ccccc4O3)nc2s1. The number of carbonyl (C=O) groups is 1. The molecule has 8 nitrogen and oxygen atoms in total. The van der Waals surface area contributed by atoms with Gasteiger partial charge in [0.05, 0.1) is 25.0 Å². The van der Waals surface area contributed by atoms with Crippen molar-refractivity contribution in [2.75, 3.05) is 20.2 Å². The summed E-state index contributed by atoms with van der Waals surface area (Å²) < 4.78 is 13.3. The van der Waals surface area contributed by atoms with Crippen molar-refractivity contribution in [3.05, 3.63) is 41.2 Å². The highest BCUT2D eigenvalue weighted by Gasteiger charge is 2.23. The molecule has 136 valence electrons. The van der Waals surface area contributed by atoms with Crippen LogP contribution >= 0.6 is 11.3 Å². The maximum absolute atomic E-state index is 12.3. The normalized spacial score (nSPS) is 15.8. The van der Waals surface area contributed by atoms with Crippen molar-refractivity contribution in [2.45, 2.75) is 19.6 Å². The number of aromatic nitrogens is 3. The van der Waals surface area contributed by atoms with Crippen LogP contribution in [0.4, 0.5) is 4.79 Å². The molecule has 2 aromatic heterocycles. The fourth-order valence-corrected chi connectivity index (χ4v) is 3.52. The summed E-state index contributed by atoms with van der Waals surface area (Å²) in [7, 11) is 1.73. The lowest BCUT2D eigenvalue weighted by Crippen LogP contribution is -2.45. The van der Waals surface area contributed by atoms with Gasteiger partial charge in [0.15, 0.2) is 17.6 Å². The molecule has 1 aliphatic rings. The number of aryl methyl sites for hydroxylation is 1. The molecule has 0 saturated carbocycles. The maximum Gasteiger partial charge on any atom is 0.317 e. The maximum atomic E-state index is 12.3. The predicted molar refractivity (Wildman–Crippen MR) is 96.8 cm³/mol. The van der Waals surface area contributed by atoms with Gasteiger partial charge in [0.25, 0.3) is 0 Å². The standard InChI is InChI=1S/C17H19N5O3S/c1-11-20-22-8-12(19-17(22)26-11)7-18-16(23)21(2)9-13-10-24-14-5-3-4-6-15(14)25-13/h3-6,8,13H,7,9-10H2,1-2H3,(H,18,23)/t13-/m0/s1. The molecular formula is C17H19N5O3S. The summed E-state index contributed by atoms with van der Waals surface area (Å²) in [4.78, 5) is 19.2. The largest absolute Gasteiger partial charge is 0.486 e. The molecule has 3 heterocycles. The van der Waals surface area contributed by atoms with Crippen LogP contribution in [0.2, 0.25) is 0 Å². The third-order valence-electron chi connectivity index (χ3n) is 4.01. The Labute approximate surface area is 154 Å². The fraction of sp³-hybridized carbons (Fsp3) is 0.353. The average Bonchev–Trinajstić information content (AvgIpc) is 3.16. The summed E-state index contributed by atoms with van der Waals surface area (Å²) in [6.07, 6.45) is 1.62. The van der Waals surface area contributed by atoms with Crippen LogP contribution in [0.15, 0.2) is 30.5 Å². The van der Waals surface area contributed by atoms with Gasteiger partial charge < -0.3 is 19.7 Å². The summed E-state index contributed by atoms with van der Waals surface area (Å²) in [5.41, 5.74) is 0.775. The summed E-state index contributed by atoms with van der Waals surface area (Å²) in [6, 6.07) is 7.34. The lowest BCUT2D eigenvalue weighted by atomic mass is 10.2. The molecule has 0 spiro atoms. The van der Waals surface area contributed by atoms with E-state index in [9.17, 15) is 4.79 Å². The molecule has 2 amide bonds. The molecule has 4 rings (SSSR count). The first-order valence-electron chi connectivity index (χ1n) is 8.27. The van der Waals surface area contributed by atoms with Crippen molar-refractivity contribution in [3.8, 4) is 11.5 Å². The molecule has 9 heteroatoms. The van der Waals surface area contributed by atoms with Crippen molar-refractivity contribution in [1.29, 1.82) is 0 Å². The summed E-state index contributed by atoms with van der Waals surface area (Å²) >= 11 is 1.52. The number of nitrogens with zero attached hydrogens (tertiary/aromatic N) is 4. The quantitative estimate of drug-likeness (QED) is 0.757. The molecule has 0 radical (unpaired) electrons. The van der Waals surface area contributed by atoms with Crippen LogP contribution in [0.1, 0.15) is 10.7 Å². The highest BCUT2D eigenvalue weighted by molar-refractivity contribution is 7.16. The Balaban J connectivity index is 1.30. The van der Waals surface area contributed by atoms with E-state index in [0.717, 1.165) is 21.4 Å². The van der Waals surface area contributed by atoms with E-state index in [4.69, 9.17) is 9.47 Å². The predicted octanol–water partition coefficient (Wildman–Crippen LogP) is 2.08. The topological polar surface area (TPSA) is 81.0 Å². The van der Waals surface area contributed by atoms with Gasteiger partial charge in [-0.25, -0.2) is 14.3 Å². The van der Waals surface area contributed by atoms with Gasteiger partial charge in [-0.15, -0.1) is 0 Å². The minimum atomic E-state index is -0.203. The van der Waals surface area contributed by atoms with Gasteiger partial charge in [-0.05, 0) is 19.1 Å². The molecule has 0 saturated heterocycles. The molecule has 1 aromatic carbocycles. The molecular weight excluding hydrogens is 354 g/mol. The average molecular weight is 373 g/mol. The van der Waals surface area contributed by atoms with E-state index in [1.807, 2.05) is 37.4 Å². The molecule has 0 aliphatic carbocycles. The number of fused-ring (bicyclic) bond motifs is 2. The molecule has 0 unspecified atom stereocenters. The minimum Gasteiger partial charge on any atom is -0.486 e. The number of urea groups is 1. The molecule has 0 fully saturated rings. The first-order valence-corrected chi connectivity index (χ1v) is 9.09. The van der Waals surface area contributed by atoms with Crippen molar-refractivity contribution < 1.29 is 14.3 Å². The zero-order chi connectivity index (χ0) is 18.1. The second-order valence-corrected chi connectivity index (χ2v) is 7.28. The van der Waals surface area contributed by atoms with Gasteiger partial charge >= 0.3 is 6.03 Å². The fourth-order valence-electron chi connectivity index (χ4n) is 2.77. The lowest BCUT2D eigenvalue weighted by molar-refractivity contribution is 0.0715. The third-order valence-corrected chi connectivity index (χ3v) is 4.84. The second-order valence-electron chi connectivity index (χ2n) is 6.12.